The number of esters is 1. The summed E-state index contributed by atoms with van der Waals surface area (Å²) in [6, 6.07) is 17.7. The molecule has 2 aromatic carbocycles. The van der Waals surface area contributed by atoms with Gasteiger partial charge in [0, 0.05) is 16.8 Å². The summed E-state index contributed by atoms with van der Waals surface area (Å²) >= 11 is 1.44. The standard InChI is InChI=1S/C18H17N3O2S/c1-23-16(22)11-12-24-18-20-15-10-6-5-9-14(15)17(21-18)19-13-7-3-2-4-8-13/h2-10H,11-12H2,1H3,(H,19,20,21). The molecular formula is C18H17N3O2S. The van der Waals surface area contributed by atoms with Crippen LogP contribution in [0.2, 0.25) is 0 Å². The van der Waals surface area contributed by atoms with E-state index in [1.165, 1.54) is 18.9 Å². The van der Waals surface area contributed by atoms with Crippen LogP contribution in [0.25, 0.3) is 10.9 Å². The van der Waals surface area contributed by atoms with E-state index in [-0.39, 0.29) is 5.97 Å². The highest BCUT2D eigenvalue weighted by molar-refractivity contribution is 7.99. The van der Waals surface area contributed by atoms with Crippen LogP contribution in [-0.4, -0.2) is 28.8 Å². The average molecular weight is 339 g/mol. The van der Waals surface area contributed by atoms with E-state index in [9.17, 15) is 4.79 Å². The second-order valence-electron chi connectivity index (χ2n) is 5.04. The van der Waals surface area contributed by atoms with Crippen molar-refractivity contribution in [3.05, 3.63) is 54.6 Å². The molecule has 1 N–H and O–H groups in total. The van der Waals surface area contributed by atoms with Gasteiger partial charge in [0.05, 0.1) is 19.0 Å². The molecule has 0 saturated heterocycles. The van der Waals surface area contributed by atoms with E-state index < -0.39 is 0 Å². The minimum Gasteiger partial charge on any atom is -0.469 e. The van der Waals surface area contributed by atoms with Gasteiger partial charge in [-0.3, -0.25) is 4.79 Å². The van der Waals surface area contributed by atoms with Crippen molar-refractivity contribution in [3.63, 3.8) is 0 Å². The lowest BCUT2D eigenvalue weighted by Gasteiger charge is -2.10. The topological polar surface area (TPSA) is 64.1 Å². The minimum absolute atomic E-state index is 0.231. The molecule has 0 spiro atoms. The van der Waals surface area contributed by atoms with Gasteiger partial charge in [-0.2, -0.15) is 0 Å². The third-order valence-electron chi connectivity index (χ3n) is 3.38. The molecule has 0 bridgehead atoms. The van der Waals surface area contributed by atoms with Gasteiger partial charge in [-0.25, -0.2) is 9.97 Å². The van der Waals surface area contributed by atoms with E-state index >= 15 is 0 Å². The van der Waals surface area contributed by atoms with Crippen LogP contribution in [-0.2, 0) is 9.53 Å². The van der Waals surface area contributed by atoms with Gasteiger partial charge in [0.15, 0.2) is 5.16 Å². The number of hydrogen-bond donors (Lipinski definition) is 1. The molecule has 3 aromatic rings. The molecule has 0 aliphatic carbocycles. The molecule has 0 aliphatic rings. The van der Waals surface area contributed by atoms with Crippen LogP contribution in [0.4, 0.5) is 11.5 Å². The largest absolute Gasteiger partial charge is 0.469 e. The van der Waals surface area contributed by atoms with Gasteiger partial charge in [0.1, 0.15) is 5.82 Å². The van der Waals surface area contributed by atoms with Crippen LogP contribution in [0.3, 0.4) is 0 Å². The van der Waals surface area contributed by atoms with Crippen LogP contribution in [0.5, 0.6) is 0 Å². The lowest BCUT2D eigenvalue weighted by atomic mass is 10.2. The van der Waals surface area contributed by atoms with Gasteiger partial charge in [0.2, 0.25) is 0 Å². The molecule has 0 fully saturated rings. The number of methoxy groups -OCH3 is 1. The number of fused-ring (bicyclic) bond motifs is 1. The Morgan fingerprint density at radius 1 is 1.08 bits per heavy atom. The van der Waals surface area contributed by atoms with Gasteiger partial charge < -0.3 is 10.1 Å². The SMILES string of the molecule is COC(=O)CCSc1nc(Nc2ccccc2)c2ccccc2n1. The zero-order valence-electron chi connectivity index (χ0n) is 13.2. The summed E-state index contributed by atoms with van der Waals surface area (Å²) in [4.78, 5) is 20.4. The zero-order chi connectivity index (χ0) is 16.8. The first-order valence-corrected chi connectivity index (χ1v) is 8.53. The summed E-state index contributed by atoms with van der Waals surface area (Å²) in [6.07, 6.45) is 0.332. The van der Waals surface area contributed by atoms with Gasteiger partial charge >= 0.3 is 5.97 Å². The molecular weight excluding hydrogens is 322 g/mol. The maximum Gasteiger partial charge on any atom is 0.306 e. The Labute approximate surface area is 144 Å². The normalized spacial score (nSPS) is 10.5. The quantitative estimate of drug-likeness (QED) is 0.415. The van der Waals surface area contributed by atoms with Gasteiger partial charge in [0.25, 0.3) is 0 Å². The summed E-state index contributed by atoms with van der Waals surface area (Å²) in [5.41, 5.74) is 1.83. The Kier molecular flexibility index (Phi) is 5.28. The van der Waals surface area contributed by atoms with E-state index in [1.54, 1.807) is 0 Å². The summed E-state index contributed by atoms with van der Waals surface area (Å²) in [7, 11) is 1.39. The van der Waals surface area contributed by atoms with E-state index in [4.69, 9.17) is 0 Å². The Bertz CT molecular complexity index is 840. The molecule has 24 heavy (non-hydrogen) atoms. The first kappa shape index (κ1) is 16.3. The van der Waals surface area contributed by atoms with Crippen LogP contribution < -0.4 is 5.32 Å². The van der Waals surface area contributed by atoms with E-state index in [0.717, 1.165) is 22.4 Å². The number of hydrogen-bond acceptors (Lipinski definition) is 6. The first-order chi connectivity index (χ1) is 11.8. The molecule has 0 unspecified atom stereocenters. The summed E-state index contributed by atoms with van der Waals surface area (Å²) in [5.74, 6) is 1.11. The van der Waals surface area contributed by atoms with Crippen LogP contribution in [0.15, 0.2) is 59.8 Å². The molecule has 1 aromatic heterocycles. The number of rotatable bonds is 6. The predicted molar refractivity (Wildman–Crippen MR) is 96.6 cm³/mol. The molecule has 0 radical (unpaired) electrons. The molecule has 0 saturated carbocycles. The Morgan fingerprint density at radius 3 is 2.62 bits per heavy atom. The number of carbonyl (C=O) groups is 1. The zero-order valence-corrected chi connectivity index (χ0v) is 14.0. The number of anilines is 2. The number of aromatic nitrogens is 2. The van der Waals surface area contributed by atoms with Crippen molar-refractivity contribution in [1.82, 2.24) is 9.97 Å². The van der Waals surface area contributed by atoms with E-state index in [2.05, 4.69) is 20.0 Å². The molecule has 0 amide bonds. The molecule has 3 rings (SSSR count). The van der Waals surface area contributed by atoms with Crippen molar-refractivity contribution in [1.29, 1.82) is 0 Å². The fraction of sp³-hybridized carbons (Fsp3) is 0.167. The third kappa shape index (κ3) is 4.02. The number of nitrogens with zero attached hydrogens (tertiary/aromatic N) is 2. The molecule has 0 atom stereocenters. The van der Waals surface area contributed by atoms with E-state index in [1.807, 2.05) is 54.6 Å². The third-order valence-corrected chi connectivity index (χ3v) is 4.23. The Morgan fingerprint density at radius 2 is 1.83 bits per heavy atom. The van der Waals surface area contributed by atoms with Crippen molar-refractivity contribution in [3.8, 4) is 0 Å². The number of para-hydroxylation sites is 2. The number of benzene rings is 2. The Balaban J connectivity index is 1.87. The van der Waals surface area contributed by atoms with Crippen molar-refractivity contribution >= 4 is 40.1 Å². The van der Waals surface area contributed by atoms with Crippen LogP contribution in [0, 0.1) is 0 Å². The van der Waals surface area contributed by atoms with Crippen molar-refractivity contribution in [2.24, 2.45) is 0 Å². The summed E-state index contributed by atoms with van der Waals surface area (Å²) < 4.78 is 4.66. The average Bonchev–Trinajstić information content (AvgIpc) is 2.62. The second-order valence-corrected chi connectivity index (χ2v) is 6.10. The highest BCUT2D eigenvalue weighted by Crippen LogP contribution is 2.27. The number of nitrogens with one attached hydrogen (secondary N) is 1. The molecule has 122 valence electrons. The number of thioether (sulfide) groups is 1. The highest BCUT2D eigenvalue weighted by atomic mass is 32.2. The lowest BCUT2D eigenvalue weighted by Crippen LogP contribution is -2.02. The van der Waals surface area contributed by atoms with Crippen LogP contribution in [0.1, 0.15) is 6.42 Å². The number of ether oxygens (including phenoxy) is 1. The first-order valence-electron chi connectivity index (χ1n) is 7.55. The van der Waals surface area contributed by atoms with Gasteiger partial charge in [-0.1, -0.05) is 42.1 Å². The summed E-state index contributed by atoms with van der Waals surface area (Å²) in [6.45, 7) is 0. The molecule has 5 nitrogen and oxygen atoms in total. The number of carbonyl (C=O) groups excluding carboxylic acids is 1. The monoisotopic (exact) mass is 339 g/mol. The van der Waals surface area contributed by atoms with E-state index in [0.29, 0.717) is 17.3 Å². The summed E-state index contributed by atoms with van der Waals surface area (Å²) in [5, 5.41) is 4.93. The fourth-order valence-electron chi connectivity index (χ4n) is 2.20. The highest BCUT2D eigenvalue weighted by Gasteiger charge is 2.09. The van der Waals surface area contributed by atoms with Crippen molar-refractivity contribution < 1.29 is 9.53 Å². The van der Waals surface area contributed by atoms with Crippen LogP contribution >= 0.6 is 11.8 Å². The van der Waals surface area contributed by atoms with Crippen molar-refractivity contribution in [2.45, 2.75) is 11.6 Å². The Hall–Kier alpha value is -2.60. The second kappa shape index (κ2) is 7.79. The fourth-order valence-corrected chi connectivity index (χ4v) is 2.97. The molecule has 1 heterocycles. The lowest BCUT2D eigenvalue weighted by molar-refractivity contribution is -0.140. The van der Waals surface area contributed by atoms with Gasteiger partial charge in [-0.15, -0.1) is 0 Å². The maximum atomic E-state index is 11.2. The predicted octanol–water partition coefficient (Wildman–Crippen LogP) is 4.03. The van der Waals surface area contributed by atoms with Gasteiger partial charge in [-0.05, 0) is 24.3 Å². The molecule has 6 heteroatoms. The minimum atomic E-state index is -0.231. The smallest absolute Gasteiger partial charge is 0.306 e. The van der Waals surface area contributed by atoms with Crippen molar-refractivity contribution in [2.75, 3.05) is 18.2 Å². The molecule has 0 aliphatic heterocycles. The maximum absolute atomic E-state index is 11.2.